The van der Waals surface area contributed by atoms with Crippen molar-refractivity contribution in [1.82, 2.24) is 9.88 Å². The highest BCUT2D eigenvalue weighted by Crippen LogP contribution is 2.24. The number of carbonyl (C=O) groups excluding carboxylic acids is 1. The molecule has 1 unspecified atom stereocenters. The van der Waals surface area contributed by atoms with Crippen LogP contribution in [0.5, 0.6) is 0 Å². The smallest absolute Gasteiger partial charge is 0.337 e. The molecule has 0 saturated carbocycles. The van der Waals surface area contributed by atoms with E-state index in [-0.39, 0.29) is 23.6 Å². The SMILES string of the molecule is O=C(c1ccncc1Cl)N1CCCC(O)(C(=O)O)C1. The van der Waals surface area contributed by atoms with Crippen LogP contribution in [0.15, 0.2) is 18.5 Å². The molecule has 7 heteroatoms. The van der Waals surface area contributed by atoms with Crippen LogP contribution in [0, 0.1) is 0 Å². The molecular formula is C12H13ClN2O4. The van der Waals surface area contributed by atoms with E-state index in [9.17, 15) is 14.7 Å². The number of nitrogens with zero attached hydrogens (tertiary/aromatic N) is 2. The second-order valence-electron chi connectivity index (χ2n) is 4.52. The van der Waals surface area contributed by atoms with Crippen LogP contribution in [0.2, 0.25) is 5.02 Å². The highest BCUT2D eigenvalue weighted by atomic mass is 35.5. The topological polar surface area (TPSA) is 90.7 Å². The van der Waals surface area contributed by atoms with E-state index in [2.05, 4.69) is 4.98 Å². The molecule has 1 aliphatic rings. The highest BCUT2D eigenvalue weighted by molar-refractivity contribution is 6.33. The molecule has 1 saturated heterocycles. The summed E-state index contributed by atoms with van der Waals surface area (Å²) in [6, 6.07) is 1.47. The number of likely N-dealkylation sites (tertiary alicyclic amines) is 1. The number of hydrogen-bond acceptors (Lipinski definition) is 4. The predicted molar refractivity (Wildman–Crippen MR) is 67.0 cm³/mol. The molecule has 2 heterocycles. The molecule has 2 N–H and O–H groups in total. The van der Waals surface area contributed by atoms with Gasteiger partial charge in [0.15, 0.2) is 5.60 Å². The van der Waals surface area contributed by atoms with Gasteiger partial charge in [-0.1, -0.05) is 11.6 Å². The fraction of sp³-hybridized carbons (Fsp3) is 0.417. The van der Waals surface area contributed by atoms with E-state index in [0.717, 1.165) is 0 Å². The Balaban J connectivity index is 2.21. The summed E-state index contributed by atoms with van der Waals surface area (Å²) in [6.07, 6.45) is 3.35. The third-order valence-corrected chi connectivity index (χ3v) is 3.46. The lowest BCUT2D eigenvalue weighted by Crippen LogP contribution is -2.54. The molecule has 0 spiro atoms. The number of carbonyl (C=O) groups is 2. The second kappa shape index (κ2) is 5.14. The summed E-state index contributed by atoms with van der Waals surface area (Å²) in [5.74, 6) is -1.71. The first-order valence-corrected chi connectivity index (χ1v) is 6.16. The van der Waals surface area contributed by atoms with Gasteiger partial charge in [-0.25, -0.2) is 4.79 Å². The minimum absolute atomic E-state index is 0.135. The molecule has 2 rings (SSSR count). The Kier molecular flexibility index (Phi) is 3.73. The average molecular weight is 285 g/mol. The quantitative estimate of drug-likeness (QED) is 0.838. The third-order valence-electron chi connectivity index (χ3n) is 3.16. The van der Waals surface area contributed by atoms with Crippen LogP contribution in [0.3, 0.4) is 0 Å². The molecule has 1 fully saturated rings. The Morgan fingerprint density at radius 3 is 2.84 bits per heavy atom. The lowest BCUT2D eigenvalue weighted by atomic mass is 9.92. The molecule has 19 heavy (non-hydrogen) atoms. The molecule has 0 aromatic carbocycles. The van der Waals surface area contributed by atoms with E-state index in [1.807, 2.05) is 0 Å². The maximum atomic E-state index is 12.2. The van der Waals surface area contributed by atoms with E-state index >= 15 is 0 Å². The summed E-state index contributed by atoms with van der Waals surface area (Å²) in [5.41, 5.74) is -1.63. The number of pyridine rings is 1. The summed E-state index contributed by atoms with van der Waals surface area (Å²) < 4.78 is 0. The molecule has 1 aliphatic heterocycles. The third kappa shape index (κ3) is 2.69. The van der Waals surface area contributed by atoms with Gasteiger partial charge in [0.05, 0.1) is 17.1 Å². The summed E-state index contributed by atoms with van der Waals surface area (Å²) in [6.45, 7) is 0.160. The first-order chi connectivity index (χ1) is 8.94. The molecule has 0 bridgehead atoms. The first-order valence-electron chi connectivity index (χ1n) is 5.78. The molecule has 6 nitrogen and oxygen atoms in total. The number of carboxylic acids is 1. The number of carboxylic acid groups (broad SMARTS) is 1. The van der Waals surface area contributed by atoms with Crippen molar-refractivity contribution >= 4 is 23.5 Å². The number of aliphatic hydroxyl groups is 1. The maximum absolute atomic E-state index is 12.2. The zero-order valence-corrected chi connectivity index (χ0v) is 10.8. The lowest BCUT2D eigenvalue weighted by Gasteiger charge is -2.36. The van der Waals surface area contributed by atoms with Gasteiger partial charge in [-0.15, -0.1) is 0 Å². The van der Waals surface area contributed by atoms with Crippen LogP contribution < -0.4 is 0 Å². The molecular weight excluding hydrogens is 272 g/mol. The zero-order chi connectivity index (χ0) is 14.0. The highest BCUT2D eigenvalue weighted by Gasteiger charge is 2.42. The monoisotopic (exact) mass is 284 g/mol. The first kappa shape index (κ1) is 13.8. The summed E-state index contributed by atoms with van der Waals surface area (Å²) >= 11 is 5.88. The van der Waals surface area contributed by atoms with Crippen molar-refractivity contribution in [2.24, 2.45) is 0 Å². The zero-order valence-electron chi connectivity index (χ0n) is 10.0. The van der Waals surface area contributed by atoms with Gasteiger partial charge in [-0.05, 0) is 18.9 Å². The van der Waals surface area contributed by atoms with Gasteiger partial charge in [0.25, 0.3) is 5.91 Å². The summed E-state index contributed by atoms with van der Waals surface area (Å²) in [7, 11) is 0. The molecule has 0 aliphatic carbocycles. The molecule has 1 aromatic rings. The standard InChI is InChI=1S/C12H13ClN2O4/c13-9-6-14-4-2-8(9)10(16)15-5-1-3-12(19,7-15)11(17)18/h2,4,6,19H,1,3,5,7H2,(H,17,18). The van der Waals surface area contributed by atoms with Crippen molar-refractivity contribution in [3.05, 3.63) is 29.0 Å². The van der Waals surface area contributed by atoms with Crippen molar-refractivity contribution in [1.29, 1.82) is 0 Å². The van der Waals surface area contributed by atoms with Crippen molar-refractivity contribution in [3.8, 4) is 0 Å². The summed E-state index contributed by atoms with van der Waals surface area (Å²) in [4.78, 5) is 28.4. The number of amides is 1. The van der Waals surface area contributed by atoms with Gasteiger partial charge in [0, 0.05) is 18.9 Å². The second-order valence-corrected chi connectivity index (χ2v) is 4.93. The minimum atomic E-state index is -1.88. The largest absolute Gasteiger partial charge is 0.479 e. The lowest BCUT2D eigenvalue weighted by molar-refractivity contribution is -0.163. The van der Waals surface area contributed by atoms with Crippen molar-refractivity contribution in [2.45, 2.75) is 18.4 Å². The number of rotatable bonds is 2. The van der Waals surface area contributed by atoms with Gasteiger partial charge in [-0.2, -0.15) is 0 Å². The number of hydrogen-bond donors (Lipinski definition) is 2. The number of aromatic nitrogens is 1. The number of halogens is 1. The van der Waals surface area contributed by atoms with Crippen molar-refractivity contribution in [3.63, 3.8) is 0 Å². The Morgan fingerprint density at radius 2 is 2.21 bits per heavy atom. The Labute approximate surface area is 114 Å². The normalized spacial score (nSPS) is 23.2. The fourth-order valence-corrected chi connectivity index (χ4v) is 2.30. The van der Waals surface area contributed by atoms with Crippen LogP contribution >= 0.6 is 11.6 Å². The molecule has 0 radical (unpaired) electrons. The van der Waals surface area contributed by atoms with E-state index in [0.29, 0.717) is 13.0 Å². The molecule has 1 aromatic heterocycles. The Morgan fingerprint density at radius 1 is 1.47 bits per heavy atom. The van der Waals surface area contributed by atoms with Crippen molar-refractivity contribution < 1.29 is 19.8 Å². The van der Waals surface area contributed by atoms with E-state index < -0.39 is 17.5 Å². The molecule has 102 valence electrons. The molecule has 1 atom stereocenters. The maximum Gasteiger partial charge on any atom is 0.337 e. The van der Waals surface area contributed by atoms with Gasteiger partial charge < -0.3 is 15.1 Å². The fourth-order valence-electron chi connectivity index (χ4n) is 2.10. The predicted octanol–water partition coefficient (Wildman–Crippen LogP) is 0.787. The average Bonchev–Trinajstić information content (AvgIpc) is 2.38. The van der Waals surface area contributed by atoms with Crippen LogP contribution in [0.4, 0.5) is 0 Å². The van der Waals surface area contributed by atoms with Crippen LogP contribution in [-0.4, -0.2) is 50.7 Å². The van der Waals surface area contributed by atoms with Crippen molar-refractivity contribution in [2.75, 3.05) is 13.1 Å². The van der Waals surface area contributed by atoms with Crippen LogP contribution in [-0.2, 0) is 4.79 Å². The van der Waals surface area contributed by atoms with Gasteiger partial charge in [0.2, 0.25) is 0 Å². The van der Waals surface area contributed by atoms with Gasteiger partial charge >= 0.3 is 5.97 Å². The number of piperidine rings is 1. The van der Waals surface area contributed by atoms with E-state index in [1.165, 1.54) is 23.4 Å². The number of aliphatic carboxylic acids is 1. The van der Waals surface area contributed by atoms with Crippen LogP contribution in [0.1, 0.15) is 23.2 Å². The minimum Gasteiger partial charge on any atom is -0.479 e. The Hall–Kier alpha value is -1.66. The molecule has 1 amide bonds. The summed E-state index contributed by atoms with van der Waals surface area (Å²) in [5, 5.41) is 19.1. The van der Waals surface area contributed by atoms with E-state index in [1.54, 1.807) is 0 Å². The Bertz CT molecular complexity index is 522. The number of β-amino-alcohol motifs (C(OH)–C–C–N with tert-alkyl or cyclic N) is 1. The van der Waals surface area contributed by atoms with Gasteiger partial charge in [-0.3, -0.25) is 9.78 Å². The van der Waals surface area contributed by atoms with Crippen LogP contribution in [0.25, 0.3) is 0 Å². The van der Waals surface area contributed by atoms with E-state index in [4.69, 9.17) is 16.7 Å². The van der Waals surface area contributed by atoms with Gasteiger partial charge in [0.1, 0.15) is 0 Å².